The summed E-state index contributed by atoms with van der Waals surface area (Å²) in [6, 6.07) is 8.10. The molecule has 0 aliphatic carbocycles. The van der Waals surface area contributed by atoms with Crippen LogP contribution in [0.1, 0.15) is 5.56 Å². The van der Waals surface area contributed by atoms with Gasteiger partial charge in [0, 0.05) is 11.6 Å². The van der Waals surface area contributed by atoms with E-state index >= 15 is 0 Å². The average Bonchev–Trinajstić information content (AvgIpc) is 2.72. The minimum atomic E-state index is -0.329. The van der Waals surface area contributed by atoms with E-state index in [0.29, 0.717) is 21.3 Å². The van der Waals surface area contributed by atoms with Crippen LogP contribution in [0.2, 0.25) is 0 Å². The monoisotopic (exact) mass is 320 g/mol. The van der Waals surface area contributed by atoms with Crippen molar-refractivity contribution in [1.29, 1.82) is 0 Å². The molecule has 2 N–H and O–H groups in total. The van der Waals surface area contributed by atoms with Crippen molar-refractivity contribution < 1.29 is 9.50 Å². The Balaban J connectivity index is 2.20. The molecule has 0 saturated carbocycles. The summed E-state index contributed by atoms with van der Waals surface area (Å²) in [7, 11) is 0. The molecular formula is C14H10BrFN2O. The Labute approximate surface area is 117 Å². The number of nitrogens with zero attached hydrogens (tertiary/aromatic N) is 1. The minimum Gasteiger partial charge on any atom is -0.508 e. The fourth-order valence-corrected chi connectivity index (χ4v) is 2.38. The van der Waals surface area contributed by atoms with Crippen LogP contribution in [0.4, 0.5) is 4.39 Å². The first-order valence-corrected chi connectivity index (χ1v) is 6.48. The predicted octanol–water partition coefficient (Wildman–Crippen LogP) is 4.15. The molecular weight excluding hydrogens is 311 g/mol. The van der Waals surface area contributed by atoms with Crippen LogP contribution in [0.25, 0.3) is 22.4 Å². The maximum Gasteiger partial charge on any atom is 0.139 e. The Hall–Kier alpha value is -1.88. The molecule has 0 saturated heterocycles. The lowest BCUT2D eigenvalue weighted by Gasteiger charge is -2.02. The molecule has 0 radical (unpaired) electrons. The van der Waals surface area contributed by atoms with Crippen LogP contribution in [0.15, 0.2) is 34.8 Å². The Morgan fingerprint density at radius 1 is 1.26 bits per heavy atom. The van der Waals surface area contributed by atoms with Gasteiger partial charge in [-0.15, -0.1) is 0 Å². The molecule has 0 amide bonds. The molecule has 3 aromatic rings. The summed E-state index contributed by atoms with van der Waals surface area (Å²) in [4.78, 5) is 7.53. The molecule has 0 aliphatic heterocycles. The van der Waals surface area contributed by atoms with Gasteiger partial charge in [0.2, 0.25) is 0 Å². The van der Waals surface area contributed by atoms with Gasteiger partial charge in [0.05, 0.1) is 15.5 Å². The van der Waals surface area contributed by atoms with E-state index in [0.717, 1.165) is 11.1 Å². The van der Waals surface area contributed by atoms with Gasteiger partial charge in [-0.2, -0.15) is 0 Å². The van der Waals surface area contributed by atoms with Crippen LogP contribution in [-0.2, 0) is 0 Å². The lowest BCUT2D eigenvalue weighted by molar-refractivity contribution is 0.475. The zero-order valence-corrected chi connectivity index (χ0v) is 11.6. The second-order valence-corrected chi connectivity index (χ2v) is 5.22. The lowest BCUT2D eigenvalue weighted by atomic mass is 10.1. The SMILES string of the molecule is Cc1cc(O)ccc1-c1nc2cc(Br)c(F)cc2[nH]1. The fraction of sp³-hybridized carbons (Fsp3) is 0.0714. The number of benzene rings is 2. The lowest BCUT2D eigenvalue weighted by Crippen LogP contribution is -1.84. The van der Waals surface area contributed by atoms with Crippen molar-refractivity contribution in [2.75, 3.05) is 0 Å². The normalized spacial score (nSPS) is 11.1. The summed E-state index contributed by atoms with van der Waals surface area (Å²) < 4.78 is 13.9. The number of aromatic hydroxyl groups is 1. The number of phenolic OH excluding ortho intramolecular Hbond substituents is 1. The highest BCUT2D eigenvalue weighted by molar-refractivity contribution is 9.10. The first kappa shape index (κ1) is 12.2. The number of halogens is 2. The van der Waals surface area contributed by atoms with Gasteiger partial charge in [-0.25, -0.2) is 9.37 Å². The van der Waals surface area contributed by atoms with Gasteiger partial charge in [0.25, 0.3) is 0 Å². The van der Waals surface area contributed by atoms with Crippen molar-refractivity contribution in [3.8, 4) is 17.1 Å². The summed E-state index contributed by atoms with van der Waals surface area (Å²) >= 11 is 3.14. The standard InChI is InChI=1S/C14H10BrFN2O/c1-7-4-8(19)2-3-9(7)14-17-12-5-10(15)11(16)6-13(12)18-14/h2-6,19H,1H3,(H,17,18). The zero-order chi connectivity index (χ0) is 13.6. The molecule has 19 heavy (non-hydrogen) atoms. The number of H-pyrrole nitrogens is 1. The summed E-state index contributed by atoms with van der Waals surface area (Å²) in [6.45, 7) is 1.89. The summed E-state index contributed by atoms with van der Waals surface area (Å²) in [5, 5.41) is 9.41. The number of hydrogen-bond donors (Lipinski definition) is 2. The number of rotatable bonds is 1. The second-order valence-electron chi connectivity index (χ2n) is 4.37. The van der Waals surface area contributed by atoms with Gasteiger partial charge in [-0.3, -0.25) is 0 Å². The fourth-order valence-electron chi connectivity index (χ4n) is 2.05. The number of aryl methyl sites for hydroxylation is 1. The van der Waals surface area contributed by atoms with Gasteiger partial charge < -0.3 is 10.1 Å². The highest BCUT2D eigenvalue weighted by Crippen LogP contribution is 2.28. The van der Waals surface area contributed by atoms with Gasteiger partial charge in [-0.1, -0.05) is 0 Å². The van der Waals surface area contributed by atoms with E-state index in [-0.39, 0.29) is 11.6 Å². The molecule has 0 unspecified atom stereocenters. The van der Waals surface area contributed by atoms with Crippen LogP contribution >= 0.6 is 15.9 Å². The van der Waals surface area contributed by atoms with E-state index in [4.69, 9.17) is 0 Å². The van der Waals surface area contributed by atoms with Gasteiger partial charge in [0.15, 0.2) is 0 Å². The average molecular weight is 321 g/mol. The van der Waals surface area contributed by atoms with Crippen LogP contribution in [0.5, 0.6) is 5.75 Å². The largest absolute Gasteiger partial charge is 0.508 e. The van der Waals surface area contributed by atoms with Crippen molar-refractivity contribution in [2.24, 2.45) is 0 Å². The topological polar surface area (TPSA) is 48.9 Å². The van der Waals surface area contributed by atoms with E-state index in [1.807, 2.05) is 6.92 Å². The molecule has 1 aromatic heterocycles. The number of imidazole rings is 1. The van der Waals surface area contributed by atoms with Gasteiger partial charge in [-0.05, 0) is 52.7 Å². The molecule has 5 heteroatoms. The molecule has 0 spiro atoms. The third-order valence-corrected chi connectivity index (χ3v) is 3.60. The third-order valence-electron chi connectivity index (χ3n) is 2.99. The second kappa shape index (κ2) is 4.35. The van der Waals surface area contributed by atoms with Crippen molar-refractivity contribution >= 4 is 27.0 Å². The molecule has 0 atom stereocenters. The molecule has 3 nitrogen and oxygen atoms in total. The highest BCUT2D eigenvalue weighted by atomic mass is 79.9. The Kier molecular flexibility index (Phi) is 2.78. The maximum atomic E-state index is 13.5. The van der Waals surface area contributed by atoms with E-state index in [1.165, 1.54) is 6.07 Å². The van der Waals surface area contributed by atoms with E-state index < -0.39 is 0 Å². The Morgan fingerprint density at radius 2 is 2.05 bits per heavy atom. The molecule has 96 valence electrons. The summed E-state index contributed by atoms with van der Waals surface area (Å²) in [5.74, 6) is 0.543. The summed E-state index contributed by atoms with van der Waals surface area (Å²) in [5.41, 5.74) is 3.11. The molecule has 2 aromatic carbocycles. The minimum absolute atomic E-state index is 0.214. The number of phenols is 1. The summed E-state index contributed by atoms with van der Waals surface area (Å²) in [6.07, 6.45) is 0. The van der Waals surface area contributed by atoms with Crippen LogP contribution in [-0.4, -0.2) is 15.1 Å². The smallest absolute Gasteiger partial charge is 0.139 e. The first-order valence-electron chi connectivity index (χ1n) is 5.69. The van der Waals surface area contributed by atoms with E-state index in [1.54, 1.807) is 24.3 Å². The zero-order valence-electron chi connectivity index (χ0n) is 10.0. The third kappa shape index (κ3) is 2.10. The van der Waals surface area contributed by atoms with Crippen molar-refractivity contribution in [3.63, 3.8) is 0 Å². The molecule has 0 fully saturated rings. The van der Waals surface area contributed by atoms with Crippen LogP contribution in [0.3, 0.4) is 0 Å². The predicted molar refractivity (Wildman–Crippen MR) is 75.6 cm³/mol. The quantitative estimate of drug-likeness (QED) is 0.707. The first-order chi connectivity index (χ1) is 9.04. The van der Waals surface area contributed by atoms with Crippen LogP contribution < -0.4 is 0 Å². The molecule has 0 bridgehead atoms. The number of hydrogen-bond acceptors (Lipinski definition) is 2. The number of nitrogens with one attached hydrogen (secondary N) is 1. The maximum absolute atomic E-state index is 13.5. The molecule has 0 aliphatic rings. The number of fused-ring (bicyclic) bond motifs is 1. The molecule has 1 heterocycles. The number of aromatic amines is 1. The van der Waals surface area contributed by atoms with Crippen molar-refractivity contribution in [2.45, 2.75) is 6.92 Å². The Morgan fingerprint density at radius 3 is 2.79 bits per heavy atom. The van der Waals surface area contributed by atoms with Crippen molar-refractivity contribution in [3.05, 3.63) is 46.2 Å². The number of aromatic nitrogens is 2. The Bertz CT molecular complexity index is 743. The van der Waals surface area contributed by atoms with Crippen molar-refractivity contribution in [1.82, 2.24) is 9.97 Å². The van der Waals surface area contributed by atoms with Gasteiger partial charge >= 0.3 is 0 Å². The highest BCUT2D eigenvalue weighted by Gasteiger charge is 2.10. The van der Waals surface area contributed by atoms with Gasteiger partial charge in [0.1, 0.15) is 17.4 Å². The molecule has 3 rings (SSSR count). The van der Waals surface area contributed by atoms with E-state index in [2.05, 4.69) is 25.9 Å². The van der Waals surface area contributed by atoms with E-state index in [9.17, 15) is 9.50 Å². The van der Waals surface area contributed by atoms with Crippen LogP contribution in [0, 0.1) is 12.7 Å².